The lowest BCUT2D eigenvalue weighted by atomic mass is 9.82. The van der Waals surface area contributed by atoms with E-state index in [1.165, 1.54) is 11.1 Å². The summed E-state index contributed by atoms with van der Waals surface area (Å²) in [5.74, 6) is 0.488. The third-order valence-electron chi connectivity index (χ3n) is 4.31. The van der Waals surface area contributed by atoms with Gasteiger partial charge in [0.25, 0.3) is 0 Å². The van der Waals surface area contributed by atoms with E-state index < -0.39 is 0 Å². The maximum absolute atomic E-state index is 11.4. The number of nitrogens with zero attached hydrogens (tertiary/aromatic N) is 1. The zero-order chi connectivity index (χ0) is 14.9. The molecule has 1 fully saturated rings. The average Bonchev–Trinajstić information content (AvgIpc) is 2.37. The van der Waals surface area contributed by atoms with Crippen LogP contribution in [0.25, 0.3) is 0 Å². The fourth-order valence-electron chi connectivity index (χ4n) is 2.91. The van der Waals surface area contributed by atoms with Crippen LogP contribution in [0, 0.1) is 0 Å². The van der Waals surface area contributed by atoms with E-state index in [-0.39, 0.29) is 17.4 Å². The highest BCUT2D eigenvalue weighted by Gasteiger charge is 2.29. The van der Waals surface area contributed by atoms with Gasteiger partial charge in [0.15, 0.2) is 0 Å². The molecule has 20 heavy (non-hydrogen) atoms. The number of benzene rings is 1. The first-order chi connectivity index (χ1) is 9.29. The highest BCUT2D eigenvalue weighted by Crippen LogP contribution is 2.29. The molecule has 1 aromatic carbocycles. The highest BCUT2D eigenvalue weighted by molar-refractivity contribution is 5.73. The number of amides is 1. The van der Waals surface area contributed by atoms with Crippen LogP contribution in [0.3, 0.4) is 0 Å². The van der Waals surface area contributed by atoms with Crippen molar-refractivity contribution >= 4 is 5.91 Å². The lowest BCUT2D eigenvalue weighted by molar-refractivity contribution is -0.130. The smallest absolute Gasteiger partial charge is 0.219 e. The molecule has 0 aliphatic carbocycles. The molecule has 0 spiro atoms. The van der Waals surface area contributed by atoms with Crippen LogP contribution < -0.4 is 5.73 Å². The Morgan fingerprint density at radius 1 is 1.25 bits per heavy atom. The summed E-state index contributed by atoms with van der Waals surface area (Å²) in [6.07, 6.45) is 0.954. The monoisotopic (exact) mass is 274 g/mol. The van der Waals surface area contributed by atoms with Gasteiger partial charge in [-0.05, 0) is 23.0 Å². The SMILES string of the molecule is CC(=O)N1CCC(c2ccc(C(C)(C)C)cc2)C(N)C1. The van der Waals surface area contributed by atoms with Crippen LogP contribution in [0.5, 0.6) is 0 Å². The molecule has 0 bridgehead atoms. The van der Waals surface area contributed by atoms with Crippen molar-refractivity contribution in [3.05, 3.63) is 35.4 Å². The van der Waals surface area contributed by atoms with Gasteiger partial charge in [-0.25, -0.2) is 0 Å². The molecule has 0 radical (unpaired) electrons. The van der Waals surface area contributed by atoms with E-state index in [0.29, 0.717) is 12.5 Å². The van der Waals surface area contributed by atoms with E-state index in [9.17, 15) is 4.79 Å². The Morgan fingerprint density at radius 3 is 2.30 bits per heavy atom. The molecule has 3 heteroatoms. The minimum Gasteiger partial charge on any atom is -0.341 e. The quantitative estimate of drug-likeness (QED) is 0.855. The summed E-state index contributed by atoms with van der Waals surface area (Å²) >= 11 is 0. The van der Waals surface area contributed by atoms with Crippen LogP contribution in [0.2, 0.25) is 0 Å². The third kappa shape index (κ3) is 3.21. The summed E-state index contributed by atoms with van der Waals surface area (Å²) in [5, 5.41) is 0. The Bertz CT molecular complexity index is 473. The van der Waals surface area contributed by atoms with E-state index in [0.717, 1.165) is 13.0 Å². The van der Waals surface area contributed by atoms with Gasteiger partial charge in [-0.3, -0.25) is 4.79 Å². The standard InChI is InChI=1S/C17H26N2O/c1-12(20)19-10-9-15(16(18)11-19)13-5-7-14(8-6-13)17(2,3)4/h5-8,15-16H,9-11,18H2,1-4H3. The fourth-order valence-corrected chi connectivity index (χ4v) is 2.91. The van der Waals surface area contributed by atoms with Crippen LogP contribution in [-0.4, -0.2) is 29.9 Å². The molecule has 1 aliphatic rings. The minimum atomic E-state index is 0.0353. The van der Waals surface area contributed by atoms with Crippen molar-refractivity contribution in [2.45, 2.75) is 51.5 Å². The number of rotatable bonds is 1. The van der Waals surface area contributed by atoms with E-state index in [1.54, 1.807) is 6.92 Å². The second-order valence-electron chi connectivity index (χ2n) is 6.90. The first-order valence-electron chi connectivity index (χ1n) is 7.40. The van der Waals surface area contributed by atoms with Gasteiger partial charge in [-0.1, -0.05) is 45.0 Å². The number of nitrogens with two attached hydrogens (primary N) is 1. The lowest BCUT2D eigenvalue weighted by Gasteiger charge is -2.36. The molecule has 2 N–H and O–H groups in total. The van der Waals surface area contributed by atoms with Crippen molar-refractivity contribution in [3.63, 3.8) is 0 Å². The van der Waals surface area contributed by atoms with Gasteiger partial charge in [0.05, 0.1) is 0 Å². The second kappa shape index (κ2) is 5.57. The lowest BCUT2D eigenvalue weighted by Crippen LogP contribution is -2.48. The maximum Gasteiger partial charge on any atom is 0.219 e. The fraction of sp³-hybridized carbons (Fsp3) is 0.588. The molecule has 110 valence electrons. The average molecular weight is 274 g/mol. The van der Waals surface area contributed by atoms with Crippen molar-refractivity contribution in [2.24, 2.45) is 5.73 Å². The predicted molar refractivity (Wildman–Crippen MR) is 82.7 cm³/mol. The normalized spacial score (nSPS) is 23.8. The molecule has 3 nitrogen and oxygen atoms in total. The first kappa shape index (κ1) is 15.0. The Labute approximate surface area is 122 Å². The number of likely N-dealkylation sites (tertiary alicyclic amines) is 1. The number of hydrogen-bond donors (Lipinski definition) is 1. The molecule has 0 aromatic heterocycles. The summed E-state index contributed by atoms with van der Waals surface area (Å²) in [6.45, 7) is 9.76. The van der Waals surface area contributed by atoms with Crippen molar-refractivity contribution < 1.29 is 4.79 Å². The summed E-state index contributed by atoms with van der Waals surface area (Å²) in [6, 6.07) is 8.86. The van der Waals surface area contributed by atoms with Crippen LogP contribution in [0.4, 0.5) is 0 Å². The maximum atomic E-state index is 11.4. The second-order valence-corrected chi connectivity index (χ2v) is 6.90. The van der Waals surface area contributed by atoms with Gasteiger partial charge >= 0.3 is 0 Å². The summed E-state index contributed by atoms with van der Waals surface area (Å²) in [5.41, 5.74) is 9.09. The molecule has 2 rings (SSSR count). The predicted octanol–water partition coefficient (Wildman–Crippen LogP) is 2.65. The van der Waals surface area contributed by atoms with Crippen LogP contribution in [0.1, 0.15) is 51.2 Å². The van der Waals surface area contributed by atoms with Crippen LogP contribution >= 0.6 is 0 Å². The summed E-state index contributed by atoms with van der Waals surface area (Å²) < 4.78 is 0. The Hall–Kier alpha value is -1.35. The summed E-state index contributed by atoms with van der Waals surface area (Å²) in [4.78, 5) is 13.3. The minimum absolute atomic E-state index is 0.0353. The van der Waals surface area contributed by atoms with Crippen molar-refractivity contribution in [2.75, 3.05) is 13.1 Å². The van der Waals surface area contributed by atoms with E-state index in [2.05, 4.69) is 45.0 Å². The molecule has 0 saturated carbocycles. The van der Waals surface area contributed by atoms with E-state index in [4.69, 9.17) is 5.73 Å². The Kier molecular flexibility index (Phi) is 4.19. The molecule has 1 aromatic rings. The number of piperidine rings is 1. The Balaban J connectivity index is 2.11. The molecule has 2 unspecified atom stereocenters. The third-order valence-corrected chi connectivity index (χ3v) is 4.31. The number of carbonyl (C=O) groups is 1. The molecule has 2 atom stereocenters. The molecule has 1 saturated heterocycles. The highest BCUT2D eigenvalue weighted by atomic mass is 16.2. The zero-order valence-electron chi connectivity index (χ0n) is 13.0. The van der Waals surface area contributed by atoms with Crippen molar-refractivity contribution in [1.82, 2.24) is 4.90 Å². The van der Waals surface area contributed by atoms with Crippen LogP contribution in [-0.2, 0) is 10.2 Å². The molecule has 1 aliphatic heterocycles. The topological polar surface area (TPSA) is 46.3 Å². The molecule has 1 heterocycles. The van der Waals surface area contributed by atoms with Gasteiger partial charge in [-0.2, -0.15) is 0 Å². The first-order valence-corrected chi connectivity index (χ1v) is 7.40. The van der Waals surface area contributed by atoms with E-state index in [1.807, 2.05) is 4.90 Å². The number of carbonyl (C=O) groups excluding carboxylic acids is 1. The Morgan fingerprint density at radius 2 is 1.85 bits per heavy atom. The number of hydrogen-bond acceptors (Lipinski definition) is 2. The van der Waals surface area contributed by atoms with Gasteiger partial charge in [-0.15, -0.1) is 0 Å². The van der Waals surface area contributed by atoms with Crippen molar-refractivity contribution in [3.8, 4) is 0 Å². The largest absolute Gasteiger partial charge is 0.341 e. The van der Waals surface area contributed by atoms with Gasteiger partial charge < -0.3 is 10.6 Å². The molecular weight excluding hydrogens is 248 g/mol. The van der Waals surface area contributed by atoms with Gasteiger partial charge in [0.1, 0.15) is 0 Å². The van der Waals surface area contributed by atoms with Crippen LogP contribution in [0.15, 0.2) is 24.3 Å². The van der Waals surface area contributed by atoms with Crippen molar-refractivity contribution in [1.29, 1.82) is 0 Å². The molecule has 1 amide bonds. The van der Waals surface area contributed by atoms with Gasteiger partial charge in [0, 0.05) is 32.0 Å². The van der Waals surface area contributed by atoms with E-state index >= 15 is 0 Å². The molecular formula is C17H26N2O. The zero-order valence-corrected chi connectivity index (χ0v) is 13.0. The summed E-state index contributed by atoms with van der Waals surface area (Å²) in [7, 11) is 0. The van der Waals surface area contributed by atoms with Gasteiger partial charge in [0.2, 0.25) is 5.91 Å².